The van der Waals surface area contributed by atoms with Crippen molar-refractivity contribution >= 4 is 23.2 Å². The van der Waals surface area contributed by atoms with Crippen LogP contribution in [0.4, 0.5) is 28.9 Å². The second kappa shape index (κ2) is 18.0. The zero-order valence-electron chi connectivity index (χ0n) is 32.6. The second-order valence-electron chi connectivity index (χ2n) is 14.1. The van der Waals surface area contributed by atoms with Crippen LogP contribution in [0.3, 0.4) is 0 Å². The highest BCUT2D eigenvalue weighted by atomic mass is 19.1. The van der Waals surface area contributed by atoms with Gasteiger partial charge in [-0.15, -0.1) is 0 Å². The Bertz CT molecular complexity index is 1930. The number of anilines is 2. The summed E-state index contributed by atoms with van der Waals surface area (Å²) in [5.74, 6) is -5.79. The van der Waals surface area contributed by atoms with Gasteiger partial charge in [0.25, 0.3) is 0 Å². The Morgan fingerprint density at radius 2 is 0.845 bits per heavy atom. The highest BCUT2D eigenvalue weighted by Gasteiger charge is 2.41. The molecule has 2 atom stereocenters. The Labute approximate surface area is 333 Å². The Hall–Kier alpha value is -6.06. The van der Waals surface area contributed by atoms with Gasteiger partial charge in [0.05, 0.1) is 51.6 Å². The number of carbonyl (C=O) groups is 2. The predicted molar refractivity (Wildman–Crippen MR) is 207 cm³/mol. The lowest BCUT2D eigenvalue weighted by Gasteiger charge is -2.41. The van der Waals surface area contributed by atoms with Gasteiger partial charge < -0.3 is 48.8 Å². The summed E-state index contributed by atoms with van der Waals surface area (Å²) < 4.78 is 78.6. The van der Waals surface area contributed by atoms with E-state index in [1.165, 1.54) is 52.7 Å². The summed E-state index contributed by atoms with van der Waals surface area (Å²) in [6.45, 7) is 1.58. The minimum absolute atomic E-state index is 0.0118. The summed E-state index contributed by atoms with van der Waals surface area (Å²) in [4.78, 5) is 36.7. The Kier molecular flexibility index (Phi) is 12.9. The fraction of sp³-hybridized carbons (Fsp3) is 0.381. The lowest BCUT2D eigenvalue weighted by atomic mass is 9.80. The van der Waals surface area contributed by atoms with Crippen molar-refractivity contribution in [3.63, 3.8) is 0 Å². The molecule has 2 aliphatic rings. The summed E-state index contributed by atoms with van der Waals surface area (Å²) in [6, 6.07) is 12.9. The molecule has 58 heavy (non-hydrogen) atoms. The number of phenolic OH excluding ortho intramolecular Hbond substituents is 2. The Morgan fingerprint density at radius 1 is 0.534 bits per heavy atom. The largest absolute Gasteiger partial charge is 0.502 e. The van der Waals surface area contributed by atoms with E-state index in [1.54, 1.807) is 43.9 Å². The van der Waals surface area contributed by atoms with E-state index in [4.69, 9.17) is 18.9 Å². The van der Waals surface area contributed by atoms with Crippen LogP contribution in [-0.2, 0) is 22.4 Å². The van der Waals surface area contributed by atoms with Crippen molar-refractivity contribution in [1.29, 1.82) is 0 Å². The number of hydrogen-bond donors (Lipinski definition) is 2. The molecule has 4 aromatic rings. The molecule has 0 aliphatic carbocycles. The van der Waals surface area contributed by atoms with Gasteiger partial charge in [-0.25, -0.2) is 17.6 Å². The first-order valence-corrected chi connectivity index (χ1v) is 18.7. The normalized spacial score (nSPS) is 15.5. The smallest absolute Gasteiger partial charge is 0.226 e. The number of phenols is 2. The summed E-state index contributed by atoms with van der Waals surface area (Å²) in [7, 11) is 5.50. The molecule has 2 aliphatic heterocycles. The second-order valence-corrected chi connectivity index (χ2v) is 14.1. The van der Waals surface area contributed by atoms with Gasteiger partial charge in [0.2, 0.25) is 23.3 Å². The lowest BCUT2D eigenvalue weighted by Crippen LogP contribution is -2.55. The fourth-order valence-corrected chi connectivity index (χ4v) is 7.72. The van der Waals surface area contributed by atoms with Gasteiger partial charge in [0.1, 0.15) is 23.3 Å². The zero-order chi connectivity index (χ0) is 41.7. The van der Waals surface area contributed by atoms with Crippen LogP contribution in [0.2, 0.25) is 0 Å². The van der Waals surface area contributed by atoms with Crippen LogP contribution >= 0.6 is 0 Å². The number of carbonyl (C=O) groups excluding carboxylic acids is 2. The Morgan fingerprint density at radius 3 is 1.12 bits per heavy atom. The molecule has 0 spiro atoms. The first-order chi connectivity index (χ1) is 27.8. The number of methoxy groups -OCH3 is 4. The molecule has 0 saturated carbocycles. The molecule has 12 nitrogen and oxygen atoms in total. The molecule has 0 bridgehead atoms. The van der Waals surface area contributed by atoms with E-state index in [0.29, 0.717) is 11.1 Å². The molecule has 2 heterocycles. The van der Waals surface area contributed by atoms with E-state index in [2.05, 4.69) is 0 Å². The molecular weight excluding hydrogens is 764 g/mol. The number of piperazine rings is 2. The standard InChI is InChI=1S/C42H46F4N4O8/c1-55-35-19-25(20-36(56-2)39(35)51)17-29(41(53)49-13-9-47(10-14-49)33-7-5-27(43)23-31(33)45)30(18-26-21-37(57-3)40(52)38(22-26)58-4)42(54)50-15-11-48(12-16-50)34-8-6-28(44)24-32(34)46/h5-8,19-24,29-30,51-52H,9-18H2,1-4H3/t29-,30+. The van der Waals surface area contributed by atoms with E-state index >= 15 is 0 Å². The van der Waals surface area contributed by atoms with Crippen molar-refractivity contribution in [2.45, 2.75) is 12.8 Å². The molecule has 2 N–H and O–H groups in total. The molecule has 0 radical (unpaired) electrons. The number of rotatable bonds is 13. The summed E-state index contributed by atoms with van der Waals surface area (Å²) in [5.41, 5.74) is 1.45. The van der Waals surface area contributed by atoms with Crippen LogP contribution in [0.15, 0.2) is 60.7 Å². The van der Waals surface area contributed by atoms with Crippen molar-refractivity contribution < 1.29 is 56.3 Å². The summed E-state index contributed by atoms with van der Waals surface area (Å²) in [5, 5.41) is 21.4. The number of amides is 2. The molecule has 2 fully saturated rings. The zero-order valence-corrected chi connectivity index (χ0v) is 32.6. The molecule has 4 aromatic carbocycles. The van der Waals surface area contributed by atoms with E-state index in [1.807, 2.05) is 0 Å². The van der Waals surface area contributed by atoms with Crippen LogP contribution in [0, 0.1) is 35.1 Å². The maximum Gasteiger partial charge on any atom is 0.226 e. The van der Waals surface area contributed by atoms with E-state index in [0.717, 1.165) is 12.1 Å². The van der Waals surface area contributed by atoms with Crippen molar-refractivity contribution in [2.24, 2.45) is 11.8 Å². The minimum Gasteiger partial charge on any atom is -0.502 e. The van der Waals surface area contributed by atoms with Gasteiger partial charge >= 0.3 is 0 Å². The summed E-state index contributed by atoms with van der Waals surface area (Å²) >= 11 is 0. The van der Waals surface area contributed by atoms with Gasteiger partial charge in [-0.2, -0.15) is 0 Å². The molecule has 16 heteroatoms. The lowest BCUT2D eigenvalue weighted by molar-refractivity contribution is -0.146. The van der Waals surface area contributed by atoms with Crippen LogP contribution in [0.25, 0.3) is 0 Å². The average Bonchev–Trinajstić information content (AvgIpc) is 3.22. The van der Waals surface area contributed by atoms with Gasteiger partial charge in [-0.1, -0.05) is 0 Å². The summed E-state index contributed by atoms with van der Waals surface area (Å²) in [6.07, 6.45) is -0.0235. The Balaban J connectivity index is 1.37. The van der Waals surface area contributed by atoms with E-state index in [-0.39, 0.29) is 123 Å². The topological polar surface area (TPSA) is 124 Å². The molecule has 0 aromatic heterocycles. The van der Waals surface area contributed by atoms with Gasteiger partial charge in [-0.3, -0.25) is 9.59 Å². The number of halogens is 4. The maximum absolute atomic E-state index is 15.0. The van der Waals surface area contributed by atoms with Crippen LogP contribution in [0.5, 0.6) is 34.5 Å². The predicted octanol–water partition coefficient (Wildman–Crippen LogP) is 5.40. The van der Waals surface area contributed by atoms with Crippen molar-refractivity contribution in [2.75, 3.05) is 90.6 Å². The van der Waals surface area contributed by atoms with Crippen molar-refractivity contribution in [3.05, 3.63) is 95.1 Å². The monoisotopic (exact) mass is 810 g/mol. The molecule has 6 rings (SSSR count). The van der Waals surface area contributed by atoms with Crippen LogP contribution < -0.4 is 28.7 Å². The molecular formula is C42H46F4N4O8. The third-order valence-corrected chi connectivity index (χ3v) is 10.8. The average molecular weight is 811 g/mol. The highest BCUT2D eigenvalue weighted by molar-refractivity contribution is 5.89. The first kappa shape index (κ1) is 41.6. The number of hydrogen-bond acceptors (Lipinski definition) is 10. The molecule has 0 unspecified atom stereocenters. The molecule has 310 valence electrons. The first-order valence-electron chi connectivity index (χ1n) is 18.7. The van der Waals surface area contributed by atoms with Crippen LogP contribution in [0.1, 0.15) is 11.1 Å². The number of benzene rings is 4. The van der Waals surface area contributed by atoms with Crippen molar-refractivity contribution in [3.8, 4) is 34.5 Å². The minimum atomic E-state index is -1.04. The SMILES string of the molecule is COc1cc(C[C@H](C(=O)N2CCN(c3ccc(F)cc3F)CC2)[C@@H](Cc2cc(OC)c(O)c(OC)c2)C(=O)N2CCN(c3ccc(F)cc3F)CC2)cc(OC)c1O. The molecule has 2 amide bonds. The van der Waals surface area contributed by atoms with Gasteiger partial charge in [0, 0.05) is 64.5 Å². The maximum atomic E-state index is 15.0. The van der Waals surface area contributed by atoms with Crippen LogP contribution in [-0.4, -0.2) is 113 Å². The number of nitrogens with zero attached hydrogens (tertiary/aromatic N) is 4. The fourth-order valence-electron chi connectivity index (χ4n) is 7.72. The van der Waals surface area contributed by atoms with Gasteiger partial charge in [0.15, 0.2) is 23.0 Å². The van der Waals surface area contributed by atoms with Gasteiger partial charge in [-0.05, 0) is 72.5 Å². The molecule has 2 saturated heterocycles. The van der Waals surface area contributed by atoms with E-state index < -0.39 is 35.1 Å². The number of aromatic hydroxyl groups is 2. The quantitative estimate of drug-likeness (QED) is 0.170. The third-order valence-electron chi connectivity index (χ3n) is 10.8. The highest BCUT2D eigenvalue weighted by Crippen LogP contribution is 2.41. The van der Waals surface area contributed by atoms with Crippen molar-refractivity contribution in [1.82, 2.24) is 9.80 Å². The van der Waals surface area contributed by atoms with E-state index in [9.17, 15) is 37.4 Å². The number of ether oxygens (including phenoxy) is 4. The third kappa shape index (κ3) is 8.90.